The van der Waals surface area contributed by atoms with Crippen molar-refractivity contribution >= 4 is 11.9 Å². The Morgan fingerprint density at radius 1 is 1.07 bits per heavy atom. The van der Waals surface area contributed by atoms with Crippen LogP contribution in [0.2, 0.25) is 0 Å². The van der Waals surface area contributed by atoms with Gasteiger partial charge in [-0.25, -0.2) is 4.79 Å². The molecule has 2 aromatic rings. The molecule has 1 aliphatic carbocycles. The van der Waals surface area contributed by atoms with E-state index in [2.05, 4.69) is 0 Å². The molecule has 0 bridgehead atoms. The van der Waals surface area contributed by atoms with E-state index in [0.717, 1.165) is 42.8 Å². The standard InChI is InChI=1S/C24H32N2O3/c1-16-11-13-21(14-12-16)26-17(2)15-22(18(26)3)24(28)29-19(4)23(27)25(5)20-9-7-6-8-10-20/h11-15,19-20H,6-10H2,1-5H3/t19-/m1/s1. The number of rotatable bonds is 5. The summed E-state index contributed by atoms with van der Waals surface area (Å²) in [5, 5.41) is 0. The van der Waals surface area contributed by atoms with Gasteiger partial charge in [-0.3, -0.25) is 4.79 Å². The molecule has 0 N–H and O–H groups in total. The Morgan fingerprint density at radius 3 is 2.31 bits per heavy atom. The van der Waals surface area contributed by atoms with Gasteiger partial charge in [0, 0.05) is 30.2 Å². The summed E-state index contributed by atoms with van der Waals surface area (Å²) in [6.45, 7) is 7.59. The number of nitrogens with zero attached hydrogens (tertiary/aromatic N) is 2. The molecule has 1 amide bonds. The Morgan fingerprint density at radius 2 is 1.69 bits per heavy atom. The molecule has 0 unspecified atom stereocenters. The molecule has 5 nitrogen and oxygen atoms in total. The Labute approximate surface area is 173 Å². The molecular weight excluding hydrogens is 364 g/mol. The van der Waals surface area contributed by atoms with Crippen LogP contribution in [0.1, 0.15) is 66.3 Å². The van der Waals surface area contributed by atoms with Crippen LogP contribution < -0.4 is 0 Å². The first-order chi connectivity index (χ1) is 13.8. The van der Waals surface area contributed by atoms with E-state index in [-0.39, 0.29) is 11.9 Å². The van der Waals surface area contributed by atoms with Crippen molar-refractivity contribution in [3.63, 3.8) is 0 Å². The summed E-state index contributed by atoms with van der Waals surface area (Å²) in [6.07, 6.45) is 4.81. The third-order valence-corrected chi connectivity index (χ3v) is 6.04. The number of carbonyl (C=O) groups is 2. The maximum Gasteiger partial charge on any atom is 0.340 e. The summed E-state index contributed by atoms with van der Waals surface area (Å²) in [4.78, 5) is 27.4. The van der Waals surface area contributed by atoms with Gasteiger partial charge in [-0.05, 0) is 58.7 Å². The number of esters is 1. The quantitative estimate of drug-likeness (QED) is 0.686. The fraction of sp³-hybridized carbons (Fsp3) is 0.500. The maximum absolute atomic E-state index is 12.8. The molecule has 1 heterocycles. The minimum Gasteiger partial charge on any atom is -0.449 e. The third-order valence-electron chi connectivity index (χ3n) is 6.04. The molecule has 1 aromatic carbocycles. The highest BCUT2D eigenvalue weighted by molar-refractivity contribution is 5.93. The van der Waals surface area contributed by atoms with Gasteiger partial charge in [-0.1, -0.05) is 37.0 Å². The van der Waals surface area contributed by atoms with Crippen LogP contribution in [0.25, 0.3) is 5.69 Å². The maximum atomic E-state index is 12.8. The molecule has 1 saturated carbocycles. The average molecular weight is 397 g/mol. The molecule has 1 aliphatic rings. The number of ether oxygens (including phenoxy) is 1. The zero-order chi connectivity index (χ0) is 21.1. The number of carbonyl (C=O) groups excluding carboxylic acids is 2. The van der Waals surface area contributed by atoms with Crippen molar-refractivity contribution in [1.29, 1.82) is 0 Å². The van der Waals surface area contributed by atoms with E-state index < -0.39 is 12.1 Å². The second kappa shape index (κ2) is 8.85. The Balaban J connectivity index is 1.72. The van der Waals surface area contributed by atoms with E-state index in [9.17, 15) is 9.59 Å². The predicted molar refractivity (Wildman–Crippen MR) is 115 cm³/mol. The molecule has 3 rings (SSSR count). The van der Waals surface area contributed by atoms with Crippen LogP contribution in [-0.2, 0) is 9.53 Å². The van der Waals surface area contributed by atoms with Crippen LogP contribution in [-0.4, -0.2) is 40.5 Å². The second-order valence-corrected chi connectivity index (χ2v) is 8.24. The highest BCUT2D eigenvalue weighted by atomic mass is 16.5. The fourth-order valence-electron chi connectivity index (χ4n) is 4.27. The van der Waals surface area contributed by atoms with Crippen molar-refractivity contribution < 1.29 is 14.3 Å². The monoisotopic (exact) mass is 396 g/mol. The van der Waals surface area contributed by atoms with Crippen molar-refractivity contribution in [3.05, 3.63) is 52.8 Å². The summed E-state index contributed by atoms with van der Waals surface area (Å²) >= 11 is 0. The predicted octanol–water partition coefficient (Wildman–Crippen LogP) is 4.74. The Hall–Kier alpha value is -2.56. The van der Waals surface area contributed by atoms with Crippen LogP contribution >= 0.6 is 0 Å². The molecule has 0 spiro atoms. The highest BCUT2D eigenvalue weighted by Gasteiger charge is 2.29. The number of likely N-dealkylation sites (N-methyl/N-ethyl adjacent to an activating group) is 1. The van der Waals surface area contributed by atoms with Crippen LogP contribution in [0.15, 0.2) is 30.3 Å². The average Bonchev–Trinajstić information content (AvgIpc) is 3.02. The Kier molecular flexibility index (Phi) is 6.46. The lowest BCUT2D eigenvalue weighted by Crippen LogP contribution is -2.44. The van der Waals surface area contributed by atoms with Gasteiger partial charge in [0.1, 0.15) is 0 Å². The molecule has 0 aliphatic heterocycles. The molecule has 1 atom stereocenters. The Bertz CT molecular complexity index is 876. The van der Waals surface area contributed by atoms with Gasteiger partial charge in [0.25, 0.3) is 5.91 Å². The molecular formula is C24H32N2O3. The topological polar surface area (TPSA) is 51.5 Å². The van der Waals surface area contributed by atoms with Gasteiger partial charge < -0.3 is 14.2 Å². The van der Waals surface area contributed by atoms with Crippen molar-refractivity contribution in [2.24, 2.45) is 0 Å². The summed E-state index contributed by atoms with van der Waals surface area (Å²) in [6, 6.07) is 10.3. The van der Waals surface area contributed by atoms with E-state index in [1.807, 2.05) is 62.7 Å². The van der Waals surface area contributed by atoms with Gasteiger partial charge in [0.2, 0.25) is 0 Å². The van der Waals surface area contributed by atoms with Gasteiger partial charge in [-0.15, -0.1) is 0 Å². The lowest BCUT2D eigenvalue weighted by atomic mass is 9.94. The van der Waals surface area contributed by atoms with E-state index in [1.54, 1.807) is 11.8 Å². The van der Waals surface area contributed by atoms with Gasteiger partial charge >= 0.3 is 5.97 Å². The van der Waals surface area contributed by atoms with Gasteiger partial charge in [-0.2, -0.15) is 0 Å². The number of hydrogen-bond acceptors (Lipinski definition) is 3. The van der Waals surface area contributed by atoms with Gasteiger partial charge in [0.15, 0.2) is 6.10 Å². The molecule has 29 heavy (non-hydrogen) atoms. The van der Waals surface area contributed by atoms with Crippen LogP contribution in [0.3, 0.4) is 0 Å². The normalized spacial score (nSPS) is 15.8. The van der Waals surface area contributed by atoms with Crippen LogP contribution in [0.5, 0.6) is 0 Å². The van der Waals surface area contributed by atoms with Crippen molar-refractivity contribution in [2.45, 2.75) is 71.9 Å². The van der Waals surface area contributed by atoms with Crippen LogP contribution in [0, 0.1) is 20.8 Å². The largest absolute Gasteiger partial charge is 0.449 e. The number of amides is 1. The van der Waals surface area contributed by atoms with Crippen LogP contribution in [0.4, 0.5) is 0 Å². The number of hydrogen-bond donors (Lipinski definition) is 0. The summed E-state index contributed by atoms with van der Waals surface area (Å²) in [5.41, 5.74) is 4.47. The first-order valence-corrected chi connectivity index (χ1v) is 10.5. The zero-order valence-electron chi connectivity index (χ0n) is 18.2. The molecule has 1 fully saturated rings. The second-order valence-electron chi connectivity index (χ2n) is 8.24. The molecule has 5 heteroatoms. The number of benzene rings is 1. The first-order valence-electron chi connectivity index (χ1n) is 10.5. The van der Waals surface area contributed by atoms with Gasteiger partial charge in [0.05, 0.1) is 5.56 Å². The summed E-state index contributed by atoms with van der Waals surface area (Å²) in [5.74, 6) is -0.577. The summed E-state index contributed by atoms with van der Waals surface area (Å²) < 4.78 is 7.61. The summed E-state index contributed by atoms with van der Waals surface area (Å²) in [7, 11) is 1.83. The van der Waals surface area contributed by atoms with Crippen molar-refractivity contribution in [2.75, 3.05) is 7.05 Å². The smallest absolute Gasteiger partial charge is 0.340 e. The lowest BCUT2D eigenvalue weighted by molar-refractivity contribution is -0.141. The molecule has 156 valence electrons. The third kappa shape index (κ3) is 4.55. The highest BCUT2D eigenvalue weighted by Crippen LogP contribution is 2.24. The minimum atomic E-state index is -0.795. The molecule has 0 radical (unpaired) electrons. The number of aromatic nitrogens is 1. The van der Waals surface area contributed by atoms with Crippen molar-refractivity contribution in [1.82, 2.24) is 9.47 Å². The molecule has 1 aromatic heterocycles. The molecule has 0 saturated heterocycles. The van der Waals surface area contributed by atoms with E-state index in [1.165, 1.54) is 12.0 Å². The fourth-order valence-corrected chi connectivity index (χ4v) is 4.27. The SMILES string of the molecule is Cc1ccc(-n2c(C)cc(C(=O)O[C@H](C)C(=O)N(C)C3CCCCC3)c2C)cc1. The van der Waals surface area contributed by atoms with Crippen molar-refractivity contribution in [3.8, 4) is 5.69 Å². The minimum absolute atomic E-state index is 0.127. The first kappa shape index (κ1) is 21.2. The van der Waals surface area contributed by atoms with E-state index in [0.29, 0.717) is 5.56 Å². The van der Waals surface area contributed by atoms with E-state index in [4.69, 9.17) is 4.74 Å². The van der Waals surface area contributed by atoms with E-state index >= 15 is 0 Å². The lowest BCUT2D eigenvalue weighted by Gasteiger charge is -2.32. The number of aryl methyl sites for hydroxylation is 2. The zero-order valence-corrected chi connectivity index (χ0v) is 18.2.